The maximum absolute atomic E-state index is 11.3. The third kappa shape index (κ3) is 3.42. The van der Waals surface area contributed by atoms with Crippen molar-refractivity contribution in [3.05, 3.63) is 64.1 Å². The molecule has 2 aromatic carbocycles. The number of aromatic carboxylic acids is 1. The number of aromatic nitrogens is 1. The molecule has 0 aliphatic carbocycles. The second kappa shape index (κ2) is 7.03. The number of carboxylic acid groups (broad SMARTS) is 1. The lowest BCUT2D eigenvalue weighted by Crippen LogP contribution is -1.97. The van der Waals surface area contributed by atoms with E-state index < -0.39 is 5.97 Å². The zero-order chi connectivity index (χ0) is 17.1. The van der Waals surface area contributed by atoms with Crippen LogP contribution >= 0.6 is 22.9 Å². The molecular formula is C18H14ClNO3S. The van der Waals surface area contributed by atoms with Crippen LogP contribution in [0, 0.1) is 0 Å². The predicted molar refractivity (Wildman–Crippen MR) is 95.4 cm³/mol. The summed E-state index contributed by atoms with van der Waals surface area (Å²) >= 11 is 7.26. The highest BCUT2D eigenvalue weighted by atomic mass is 35.5. The van der Waals surface area contributed by atoms with Gasteiger partial charge in [0.05, 0.1) is 10.7 Å². The van der Waals surface area contributed by atoms with Crippen LogP contribution in [0.2, 0.25) is 5.02 Å². The highest BCUT2D eigenvalue weighted by Crippen LogP contribution is 2.32. The van der Waals surface area contributed by atoms with Gasteiger partial charge in [0, 0.05) is 5.56 Å². The van der Waals surface area contributed by atoms with Gasteiger partial charge in [0.25, 0.3) is 0 Å². The summed E-state index contributed by atoms with van der Waals surface area (Å²) < 4.78 is 5.75. The predicted octanol–water partition coefficient (Wildman–Crippen LogP) is 5.52. The smallest absolute Gasteiger partial charge is 0.347 e. The van der Waals surface area contributed by atoms with E-state index in [-0.39, 0.29) is 0 Å². The topological polar surface area (TPSA) is 59.4 Å². The molecule has 0 fully saturated rings. The van der Waals surface area contributed by atoms with Gasteiger partial charge < -0.3 is 9.84 Å². The first-order chi connectivity index (χ1) is 11.6. The Morgan fingerprint density at radius 3 is 2.50 bits per heavy atom. The average molecular weight is 360 g/mol. The Morgan fingerprint density at radius 2 is 1.92 bits per heavy atom. The maximum Gasteiger partial charge on any atom is 0.347 e. The van der Waals surface area contributed by atoms with E-state index >= 15 is 0 Å². The monoisotopic (exact) mass is 359 g/mol. The van der Waals surface area contributed by atoms with Gasteiger partial charge in [0.2, 0.25) is 0 Å². The van der Waals surface area contributed by atoms with E-state index in [4.69, 9.17) is 16.3 Å². The minimum absolute atomic E-state index is 0.295. The summed E-state index contributed by atoms with van der Waals surface area (Å²) in [5.41, 5.74) is 1.47. The van der Waals surface area contributed by atoms with Crippen LogP contribution in [0.15, 0.2) is 48.5 Å². The van der Waals surface area contributed by atoms with Gasteiger partial charge in [-0.2, -0.15) is 0 Å². The number of benzene rings is 2. The molecule has 0 spiro atoms. The van der Waals surface area contributed by atoms with E-state index in [2.05, 4.69) is 4.98 Å². The van der Waals surface area contributed by atoms with Gasteiger partial charge in [-0.3, -0.25) is 0 Å². The number of nitrogens with zero attached hydrogens (tertiary/aromatic N) is 1. The number of carboxylic acids is 1. The summed E-state index contributed by atoms with van der Waals surface area (Å²) in [7, 11) is 0. The zero-order valence-electron chi connectivity index (χ0n) is 12.8. The number of halogens is 1. The summed E-state index contributed by atoms with van der Waals surface area (Å²) in [6.07, 6.45) is 0.589. The fraction of sp³-hybridized carbons (Fsp3) is 0.111. The van der Waals surface area contributed by atoms with Gasteiger partial charge in [-0.15, -0.1) is 11.3 Å². The fourth-order valence-corrected chi connectivity index (χ4v) is 3.37. The van der Waals surface area contributed by atoms with E-state index in [9.17, 15) is 9.90 Å². The van der Waals surface area contributed by atoms with Crippen molar-refractivity contribution in [2.24, 2.45) is 0 Å². The summed E-state index contributed by atoms with van der Waals surface area (Å²) in [4.78, 5) is 16.0. The molecule has 6 heteroatoms. The van der Waals surface area contributed by atoms with Crippen molar-refractivity contribution >= 4 is 28.9 Å². The van der Waals surface area contributed by atoms with Gasteiger partial charge in [0.1, 0.15) is 21.4 Å². The van der Waals surface area contributed by atoms with Crippen molar-refractivity contribution in [1.29, 1.82) is 0 Å². The molecular weight excluding hydrogens is 346 g/mol. The molecule has 0 aliphatic heterocycles. The van der Waals surface area contributed by atoms with E-state index in [1.54, 1.807) is 12.1 Å². The number of para-hydroxylation sites is 1. The van der Waals surface area contributed by atoms with E-state index in [0.29, 0.717) is 38.5 Å². The molecule has 0 radical (unpaired) electrons. The first-order valence-corrected chi connectivity index (χ1v) is 8.53. The van der Waals surface area contributed by atoms with Gasteiger partial charge >= 0.3 is 5.97 Å². The second-order valence-corrected chi connectivity index (χ2v) is 6.42. The molecule has 3 rings (SSSR count). The van der Waals surface area contributed by atoms with Crippen molar-refractivity contribution in [3.8, 4) is 22.1 Å². The molecule has 24 heavy (non-hydrogen) atoms. The fourth-order valence-electron chi connectivity index (χ4n) is 2.20. The van der Waals surface area contributed by atoms with E-state index in [0.717, 1.165) is 5.56 Å². The van der Waals surface area contributed by atoms with Gasteiger partial charge in [0.15, 0.2) is 0 Å². The molecule has 3 aromatic rings. The SMILES string of the molecule is CCc1nc(-c2ccc(Oc3ccccc3Cl)cc2)sc1C(=O)O. The van der Waals surface area contributed by atoms with Crippen LogP contribution in [0.4, 0.5) is 0 Å². The third-order valence-corrected chi connectivity index (χ3v) is 4.84. The molecule has 0 saturated carbocycles. The van der Waals surface area contributed by atoms with Crippen molar-refractivity contribution < 1.29 is 14.6 Å². The van der Waals surface area contributed by atoms with Crippen molar-refractivity contribution in [1.82, 2.24) is 4.98 Å². The van der Waals surface area contributed by atoms with Crippen LogP contribution in [0.3, 0.4) is 0 Å². The van der Waals surface area contributed by atoms with Crippen LogP contribution < -0.4 is 4.74 Å². The van der Waals surface area contributed by atoms with Gasteiger partial charge in [-0.05, 0) is 42.8 Å². The van der Waals surface area contributed by atoms with Crippen molar-refractivity contribution in [3.63, 3.8) is 0 Å². The Bertz CT molecular complexity index is 874. The molecule has 1 heterocycles. The molecule has 0 unspecified atom stereocenters. The summed E-state index contributed by atoms with van der Waals surface area (Å²) in [5.74, 6) is 0.300. The van der Waals surface area contributed by atoms with Crippen LogP contribution in [0.5, 0.6) is 11.5 Å². The standard InChI is InChI=1S/C18H14ClNO3S/c1-2-14-16(18(21)22)24-17(20-14)11-7-9-12(10-8-11)23-15-6-4-3-5-13(15)19/h3-10H,2H2,1H3,(H,21,22). The quantitative estimate of drug-likeness (QED) is 0.651. The van der Waals surface area contributed by atoms with Crippen LogP contribution in [0.25, 0.3) is 10.6 Å². The number of hydrogen-bond acceptors (Lipinski definition) is 4. The third-order valence-electron chi connectivity index (χ3n) is 3.39. The van der Waals surface area contributed by atoms with Crippen LogP contribution in [0.1, 0.15) is 22.3 Å². The zero-order valence-corrected chi connectivity index (χ0v) is 14.4. The van der Waals surface area contributed by atoms with Crippen LogP contribution in [-0.2, 0) is 6.42 Å². The molecule has 0 amide bonds. The average Bonchev–Trinajstić information content (AvgIpc) is 3.02. The number of rotatable bonds is 5. The first-order valence-electron chi connectivity index (χ1n) is 7.34. The Morgan fingerprint density at radius 1 is 1.21 bits per heavy atom. The summed E-state index contributed by atoms with van der Waals surface area (Å²) in [6, 6.07) is 14.6. The van der Waals surface area contributed by atoms with Crippen LogP contribution in [-0.4, -0.2) is 16.1 Å². The largest absolute Gasteiger partial charge is 0.477 e. The number of thiazole rings is 1. The molecule has 0 bridgehead atoms. The lowest BCUT2D eigenvalue weighted by Gasteiger charge is -2.07. The minimum Gasteiger partial charge on any atom is -0.477 e. The normalized spacial score (nSPS) is 10.6. The number of ether oxygens (including phenoxy) is 1. The van der Waals surface area contributed by atoms with Crippen molar-refractivity contribution in [2.75, 3.05) is 0 Å². The van der Waals surface area contributed by atoms with Gasteiger partial charge in [-0.1, -0.05) is 30.7 Å². The lowest BCUT2D eigenvalue weighted by atomic mass is 10.2. The Labute approximate surface area is 148 Å². The highest BCUT2D eigenvalue weighted by molar-refractivity contribution is 7.17. The number of carbonyl (C=O) groups is 1. The lowest BCUT2D eigenvalue weighted by molar-refractivity contribution is 0.0701. The molecule has 0 saturated heterocycles. The maximum atomic E-state index is 11.3. The highest BCUT2D eigenvalue weighted by Gasteiger charge is 2.16. The number of aryl methyl sites for hydroxylation is 1. The van der Waals surface area contributed by atoms with Gasteiger partial charge in [-0.25, -0.2) is 9.78 Å². The molecule has 1 N–H and O–H groups in total. The van der Waals surface area contributed by atoms with E-state index in [1.807, 2.05) is 43.3 Å². The molecule has 0 atom stereocenters. The first kappa shape index (κ1) is 16.5. The molecule has 1 aromatic heterocycles. The molecule has 0 aliphatic rings. The summed E-state index contributed by atoms with van der Waals surface area (Å²) in [5, 5.41) is 10.5. The summed E-state index contributed by atoms with van der Waals surface area (Å²) in [6.45, 7) is 1.89. The van der Waals surface area contributed by atoms with Crippen molar-refractivity contribution in [2.45, 2.75) is 13.3 Å². The second-order valence-electron chi connectivity index (χ2n) is 5.01. The van der Waals surface area contributed by atoms with E-state index in [1.165, 1.54) is 11.3 Å². The minimum atomic E-state index is -0.936. The number of hydrogen-bond donors (Lipinski definition) is 1. The Balaban J connectivity index is 1.85. The molecule has 4 nitrogen and oxygen atoms in total. The Hall–Kier alpha value is -2.37. The molecule has 122 valence electrons. The Kier molecular flexibility index (Phi) is 4.83.